The van der Waals surface area contributed by atoms with Crippen LogP contribution >= 0.6 is 0 Å². The van der Waals surface area contributed by atoms with Crippen molar-refractivity contribution >= 4 is 23.9 Å². The topological polar surface area (TPSA) is 112 Å². The molecule has 0 spiro atoms. The second-order valence-electron chi connectivity index (χ2n) is 19.1. The molecule has 10 nitrogen and oxygen atoms in total. The highest BCUT2D eigenvalue weighted by molar-refractivity contribution is 5.76. The molecule has 1 heterocycles. The summed E-state index contributed by atoms with van der Waals surface area (Å²) in [7, 11) is 3.89. The molecule has 63 heavy (non-hydrogen) atoms. The number of rotatable bonds is 44. The van der Waals surface area contributed by atoms with Crippen molar-refractivity contribution in [1.82, 2.24) is 9.80 Å². The molecule has 0 N–H and O–H groups in total. The van der Waals surface area contributed by atoms with Crippen LogP contribution in [0.15, 0.2) is 0 Å². The molecule has 1 aliphatic heterocycles. The molecule has 1 fully saturated rings. The summed E-state index contributed by atoms with van der Waals surface area (Å²) < 4.78 is 23.2. The van der Waals surface area contributed by atoms with Crippen LogP contribution in [0.25, 0.3) is 0 Å². The standard InChI is InChI=1S/C53H100N2O8/c1-7-10-13-16-19-20-21-26-34-41-60-50(56)38-32-28-33-40-55-45-48(63-52(58)43-46(4)54(5)6)44-49(55)53(59)61-42-35-27-22-25-31-39-51(57)62-47(36-29-23-17-14-11-8-2)37-30-24-18-15-12-9-3/h46-49H,7-45H2,1-6H3/t46?,48?,49-/m0/s1. The van der Waals surface area contributed by atoms with Crippen LogP contribution in [0.1, 0.15) is 252 Å². The Morgan fingerprint density at radius 2 is 0.984 bits per heavy atom. The Hall–Kier alpha value is -2.20. The molecule has 370 valence electrons. The molecule has 0 aliphatic carbocycles. The summed E-state index contributed by atoms with van der Waals surface area (Å²) in [4.78, 5) is 55.4. The first kappa shape index (κ1) is 58.8. The van der Waals surface area contributed by atoms with E-state index in [1.54, 1.807) is 0 Å². The highest BCUT2D eigenvalue weighted by Crippen LogP contribution is 2.24. The summed E-state index contributed by atoms with van der Waals surface area (Å²) in [5.41, 5.74) is 0. The van der Waals surface area contributed by atoms with Gasteiger partial charge in [0.2, 0.25) is 0 Å². The lowest BCUT2D eigenvalue weighted by molar-refractivity contribution is -0.151. The summed E-state index contributed by atoms with van der Waals surface area (Å²) in [6.45, 7) is 10.8. The SMILES string of the molecule is CCCCCCCCCCCOC(=O)CCCCCN1CC(OC(=O)CC(C)N(C)C)C[C@H]1C(=O)OCCCCCCCC(=O)OC(CCCCCCCC)CCCCCCCC. The van der Waals surface area contributed by atoms with E-state index in [1.165, 1.54) is 109 Å². The van der Waals surface area contributed by atoms with Gasteiger partial charge in [-0.15, -0.1) is 0 Å². The third kappa shape index (κ3) is 33.9. The van der Waals surface area contributed by atoms with Gasteiger partial charge in [0.15, 0.2) is 0 Å². The molecule has 2 unspecified atom stereocenters. The lowest BCUT2D eigenvalue weighted by Gasteiger charge is -2.22. The van der Waals surface area contributed by atoms with Crippen LogP contribution in [0.2, 0.25) is 0 Å². The van der Waals surface area contributed by atoms with Crippen molar-refractivity contribution < 1.29 is 38.1 Å². The predicted octanol–water partition coefficient (Wildman–Crippen LogP) is 13.2. The van der Waals surface area contributed by atoms with Crippen molar-refractivity contribution in [2.45, 2.75) is 277 Å². The zero-order valence-corrected chi connectivity index (χ0v) is 42.0. The fourth-order valence-electron chi connectivity index (χ4n) is 8.51. The van der Waals surface area contributed by atoms with Crippen molar-refractivity contribution in [2.75, 3.05) is 40.4 Å². The number of unbranched alkanes of at least 4 members (excludes halogenated alkanes) is 24. The molecule has 0 aromatic heterocycles. The van der Waals surface area contributed by atoms with Crippen molar-refractivity contribution in [3.05, 3.63) is 0 Å². The minimum Gasteiger partial charge on any atom is -0.466 e. The van der Waals surface area contributed by atoms with Crippen molar-refractivity contribution in [3.63, 3.8) is 0 Å². The van der Waals surface area contributed by atoms with Gasteiger partial charge in [-0.05, 0) is 85.4 Å². The number of carbonyl (C=O) groups is 4. The number of hydrogen-bond acceptors (Lipinski definition) is 10. The fourth-order valence-corrected chi connectivity index (χ4v) is 8.51. The molecule has 0 aromatic carbocycles. The third-order valence-electron chi connectivity index (χ3n) is 12.9. The number of likely N-dealkylation sites (tertiary alicyclic amines) is 1. The van der Waals surface area contributed by atoms with Crippen LogP contribution in [0.5, 0.6) is 0 Å². The molecule has 0 bridgehead atoms. The van der Waals surface area contributed by atoms with Crippen molar-refractivity contribution in [2.24, 2.45) is 0 Å². The first-order valence-corrected chi connectivity index (χ1v) is 26.7. The molecular weight excluding hydrogens is 793 g/mol. The molecule has 1 saturated heterocycles. The third-order valence-corrected chi connectivity index (χ3v) is 12.9. The normalized spacial score (nSPS) is 15.9. The largest absolute Gasteiger partial charge is 0.466 e. The smallest absolute Gasteiger partial charge is 0.323 e. The zero-order valence-electron chi connectivity index (χ0n) is 42.0. The van der Waals surface area contributed by atoms with Crippen LogP contribution in [0.3, 0.4) is 0 Å². The fraction of sp³-hybridized carbons (Fsp3) is 0.925. The maximum Gasteiger partial charge on any atom is 0.323 e. The highest BCUT2D eigenvalue weighted by atomic mass is 16.6. The Labute approximate surface area is 387 Å². The molecule has 0 radical (unpaired) electrons. The minimum absolute atomic E-state index is 0.0506. The van der Waals surface area contributed by atoms with Gasteiger partial charge in [-0.1, -0.05) is 162 Å². The van der Waals surface area contributed by atoms with Crippen LogP contribution in [0, 0.1) is 0 Å². The monoisotopic (exact) mass is 893 g/mol. The minimum atomic E-state index is -0.452. The Bertz CT molecular complexity index is 1100. The number of ether oxygens (including phenoxy) is 4. The van der Waals surface area contributed by atoms with E-state index in [2.05, 4.69) is 25.7 Å². The van der Waals surface area contributed by atoms with Gasteiger partial charge in [0.25, 0.3) is 0 Å². The van der Waals surface area contributed by atoms with E-state index in [-0.39, 0.29) is 42.1 Å². The summed E-state index contributed by atoms with van der Waals surface area (Å²) in [5.74, 6) is -0.676. The van der Waals surface area contributed by atoms with E-state index in [9.17, 15) is 19.2 Å². The predicted molar refractivity (Wildman–Crippen MR) is 259 cm³/mol. The van der Waals surface area contributed by atoms with Gasteiger partial charge in [0, 0.05) is 31.8 Å². The van der Waals surface area contributed by atoms with E-state index >= 15 is 0 Å². The van der Waals surface area contributed by atoms with Gasteiger partial charge in [0.1, 0.15) is 18.2 Å². The molecular formula is C53H100N2O8. The molecule has 0 amide bonds. The summed E-state index contributed by atoms with van der Waals surface area (Å²) in [5, 5.41) is 0. The van der Waals surface area contributed by atoms with E-state index in [1.807, 2.05) is 25.9 Å². The van der Waals surface area contributed by atoms with Crippen LogP contribution < -0.4 is 0 Å². The van der Waals surface area contributed by atoms with Gasteiger partial charge in [-0.25, -0.2) is 0 Å². The van der Waals surface area contributed by atoms with E-state index < -0.39 is 6.04 Å². The van der Waals surface area contributed by atoms with Gasteiger partial charge < -0.3 is 23.8 Å². The van der Waals surface area contributed by atoms with E-state index in [0.29, 0.717) is 52.0 Å². The summed E-state index contributed by atoms with van der Waals surface area (Å²) in [6, 6.07) is -0.388. The number of esters is 4. The van der Waals surface area contributed by atoms with Gasteiger partial charge in [-0.2, -0.15) is 0 Å². The summed E-state index contributed by atoms with van der Waals surface area (Å²) >= 11 is 0. The number of nitrogens with zero attached hydrogens (tertiary/aromatic N) is 2. The number of hydrogen-bond donors (Lipinski definition) is 0. The molecule has 0 aromatic rings. The lowest BCUT2D eigenvalue weighted by atomic mass is 10.0. The number of carbonyl (C=O) groups excluding carboxylic acids is 4. The van der Waals surface area contributed by atoms with Gasteiger partial charge in [-0.3, -0.25) is 24.1 Å². The first-order valence-electron chi connectivity index (χ1n) is 26.7. The van der Waals surface area contributed by atoms with Gasteiger partial charge >= 0.3 is 23.9 Å². The molecule has 10 heteroatoms. The maximum atomic E-state index is 13.4. The Morgan fingerprint density at radius 1 is 0.540 bits per heavy atom. The second kappa shape index (κ2) is 41.2. The quantitative estimate of drug-likeness (QED) is 0.0333. The second-order valence-corrected chi connectivity index (χ2v) is 19.1. The average Bonchev–Trinajstić information content (AvgIpc) is 3.66. The Balaban J connectivity index is 2.42. The Morgan fingerprint density at radius 3 is 1.51 bits per heavy atom. The van der Waals surface area contributed by atoms with E-state index in [4.69, 9.17) is 18.9 Å². The van der Waals surface area contributed by atoms with Crippen molar-refractivity contribution in [3.8, 4) is 0 Å². The molecule has 1 rings (SSSR count). The zero-order chi connectivity index (χ0) is 46.2. The van der Waals surface area contributed by atoms with Crippen LogP contribution in [-0.2, 0) is 38.1 Å². The van der Waals surface area contributed by atoms with E-state index in [0.717, 1.165) is 89.9 Å². The van der Waals surface area contributed by atoms with Crippen LogP contribution in [-0.4, -0.2) is 98.4 Å². The Kier molecular flexibility index (Phi) is 38.5. The highest BCUT2D eigenvalue weighted by Gasteiger charge is 2.39. The van der Waals surface area contributed by atoms with Crippen LogP contribution in [0.4, 0.5) is 0 Å². The molecule has 1 aliphatic rings. The average molecular weight is 893 g/mol. The molecule has 0 saturated carbocycles. The summed E-state index contributed by atoms with van der Waals surface area (Å²) in [6.07, 6.45) is 36.4. The first-order chi connectivity index (χ1) is 30.6. The molecule has 3 atom stereocenters. The van der Waals surface area contributed by atoms with Crippen molar-refractivity contribution in [1.29, 1.82) is 0 Å². The lowest BCUT2D eigenvalue weighted by Crippen LogP contribution is -2.38. The maximum absolute atomic E-state index is 13.4. The van der Waals surface area contributed by atoms with Gasteiger partial charge in [0.05, 0.1) is 19.6 Å².